The van der Waals surface area contributed by atoms with Gasteiger partial charge in [0.05, 0.1) is 0 Å². The molecule has 0 unspecified atom stereocenters. The van der Waals surface area contributed by atoms with Gasteiger partial charge in [0.15, 0.2) is 0 Å². The van der Waals surface area contributed by atoms with Gasteiger partial charge in [0, 0.05) is 17.1 Å². The first-order valence-electron chi connectivity index (χ1n) is 15.1. The van der Waals surface area contributed by atoms with E-state index < -0.39 is 0 Å². The number of fused-ring (bicyclic) bond motifs is 6. The second kappa shape index (κ2) is 9.71. The second-order valence-corrected chi connectivity index (χ2v) is 12.7. The van der Waals surface area contributed by atoms with Crippen LogP contribution in [-0.2, 0) is 5.41 Å². The molecule has 0 aliphatic heterocycles. The Morgan fingerprint density at radius 3 is 1.37 bits per heavy atom. The van der Waals surface area contributed by atoms with E-state index >= 15 is 0 Å². The number of benzene rings is 7. The molecule has 1 heteroatoms. The van der Waals surface area contributed by atoms with Crippen molar-refractivity contribution in [2.45, 2.75) is 26.2 Å². The Morgan fingerprint density at radius 2 is 0.837 bits per heavy atom. The Morgan fingerprint density at radius 1 is 0.372 bits per heavy atom. The van der Waals surface area contributed by atoms with Gasteiger partial charge < -0.3 is 4.90 Å². The molecule has 0 atom stereocenters. The van der Waals surface area contributed by atoms with Gasteiger partial charge in [0.2, 0.25) is 0 Å². The van der Waals surface area contributed by atoms with Gasteiger partial charge in [0.25, 0.3) is 0 Å². The Bertz CT molecular complexity index is 2090. The van der Waals surface area contributed by atoms with Crippen LogP contribution in [0.4, 0.5) is 17.1 Å². The fourth-order valence-electron chi connectivity index (χ4n) is 6.49. The first-order valence-corrected chi connectivity index (χ1v) is 15.1. The summed E-state index contributed by atoms with van der Waals surface area (Å²) in [6.45, 7) is 6.79. The summed E-state index contributed by atoms with van der Waals surface area (Å²) in [5.74, 6) is 0. The fourth-order valence-corrected chi connectivity index (χ4v) is 6.49. The van der Waals surface area contributed by atoms with E-state index in [0.717, 1.165) is 17.1 Å². The number of anilines is 3. The summed E-state index contributed by atoms with van der Waals surface area (Å²) in [7, 11) is 0. The van der Waals surface area contributed by atoms with Crippen molar-refractivity contribution in [3.05, 3.63) is 151 Å². The van der Waals surface area contributed by atoms with Crippen LogP contribution in [0, 0.1) is 0 Å². The SMILES string of the molecule is CC(C)(C)c1ccc(-c2ccc3cc4c(cc3c2)-c2cc3ccc(N(c5ccccc5)c5ccccc5)cc3cc2-4)cc1. The van der Waals surface area contributed by atoms with Crippen molar-refractivity contribution >= 4 is 38.6 Å². The lowest BCUT2D eigenvalue weighted by atomic mass is 9.77. The molecule has 1 nitrogen and oxygen atoms in total. The highest BCUT2D eigenvalue weighted by molar-refractivity contribution is 6.12. The highest BCUT2D eigenvalue weighted by atomic mass is 15.1. The van der Waals surface area contributed by atoms with Gasteiger partial charge in [-0.15, -0.1) is 0 Å². The van der Waals surface area contributed by atoms with Gasteiger partial charge in [-0.3, -0.25) is 0 Å². The van der Waals surface area contributed by atoms with Crippen LogP contribution in [-0.4, -0.2) is 0 Å². The average molecular weight is 552 g/mol. The zero-order valence-corrected chi connectivity index (χ0v) is 24.8. The molecule has 0 radical (unpaired) electrons. The van der Waals surface area contributed by atoms with Gasteiger partial charge in [-0.25, -0.2) is 0 Å². The molecule has 206 valence electrons. The molecule has 0 heterocycles. The zero-order valence-electron chi connectivity index (χ0n) is 24.8. The largest absolute Gasteiger partial charge is 0.310 e. The monoisotopic (exact) mass is 551 g/mol. The van der Waals surface area contributed by atoms with E-state index in [1.54, 1.807) is 0 Å². The third-order valence-electron chi connectivity index (χ3n) is 8.89. The molecule has 1 aliphatic carbocycles. The number of hydrogen-bond donors (Lipinski definition) is 0. The van der Waals surface area contributed by atoms with Crippen LogP contribution in [0.1, 0.15) is 26.3 Å². The van der Waals surface area contributed by atoms with E-state index in [9.17, 15) is 0 Å². The lowest BCUT2D eigenvalue weighted by Crippen LogP contribution is -2.10. The van der Waals surface area contributed by atoms with Gasteiger partial charge in [0.1, 0.15) is 0 Å². The predicted molar refractivity (Wildman–Crippen MR) is 185 cm³/mol. The van der Waals surface area contributed by atoms with Crippen LogP contribution >= 0.6 is 0 Å². The van der Waals surface area contributed by atoms with Crippen LogP contribution in [0.15, 0.2) is 146 Å². The summed E-state index contributed by atoms with van der Waals surface area (Å²) in [6, 6.07) is 53.5. The van der Waals surface area contributed by atoms with Crippen molar-refractivity contribution in [3.8, 4) is 33.4 Å². The number of para-hydroxylation sites is 2. The average Bonchev–Trinajstić information content (AvgIpc) is 3.04. The molecule has 1 aliphatic rings. The molecule has 8 rings (SSSR count). The van der Waals surface area contributed by atoms with Crippen molar-refractivity contribution < 1.29 is 0 Å². The highest BCUT2D eigenvalue weighted by Gasteiger charge is 2.24. The standard InChI is InChI=1S/C42H33N/c1-42(2,3)34-19-16-28(17-20-34)29-14-15-30-24-38-40(26-32(30)22-29)39-25-31-18-21-37(23-33(31)27-41(38)39)43(35-10-6-4-7-11-35)36-12-8-5-9-13-36/h4-27H,1-3H3. The summed E-state index contributed by atoms with van der Waals surface area (Å²) in [6.07, 6.45) is 0. The number of nitrogens with zero attached hydrogens (tertiary/aromatic N) is 1. The minimum Gasteiger partial charge on any atom is -0.310 e. The van der Waals surface area contributed by atoms with Crippen molar-refractivity contribution in [2.75, 3.05) is 4.90 Å². The van der Waals surface area contributed by atoms with Crippen LogP contribution in [0.3, 0.4) is 0 Å². The predicted octanol–water partition coefficient (Wildman–Crippen LogP) is 12.1. The molecule has 0 saturated carbocycles. The molecule has 0 aromatic heterocycles. The first kappa shape index (κ1) is 25.6. The van der Waals surface area contributed by atoms with Crippen LogP contribution in [0.25, 0.3) is 54.9 Å². The molecule has 0 spiro atoms. The third-order valence-corrected chi connectivity index (χ3v) is 8.89. The summed E-state index contributed by atoms with van der Waals surface area (Å²) in [5, 5.41) is 5.10. The van der Waals surface area contributed by atoms with E-state index in [1.165, 1.54) is 60.5 Å². The summed E-state index contributed by atoms with van der Waals surface area (Å²) in [5.41, 5.74) is 12.9. The molecule has 7 aromatic rings. The quantitative estimate of drug-likeness (QED) is 0.210. The Hall–Kier alpha value is -5.14. The second-order valence-electron chi connectivity index (χ2n) is 12.7. The van der Waals surface area contributed by atoms with E-state index in [2.05, 4.69) is 171 Å². The van der Waals surface area contributed by atoms with Crippen LogP contribution in [0.5, 0.6) is 0 Å². The minimum atomic E-state index is 0.159. The lowest BCUT2D eigenvalue weighted by molar-refractivity contribution is 0.590. The van der Waals surface area contributed by atoms with Crippen molar-refractivity contribution in [1.82, 2.24) is 0 Å². The summed E-state index contributed by atoms with van der Waals surface area (Å²) < 4.78 is 0. The Labute approximate surface area is 253 Å². The smallest absolute Gasteiger partial charge is 0.0468 e. The summed E-state index contributed by atoms with van der Waals surface area (Å²) in [4.78, 5) is 2.33. The Balaban J connectivity index is 1.17. The fraction of sp³-hybridized carbons (Fsp3) is 0.0952. The molecule has 0 saturated heterocycles. The van der Waals surface area contributed by atoms with Gasteiger partial charge in [-0.2, -0.15) is 0 Å². The van der Waals surface area contributed by atoms with E-state index in [4.69, 9.17) is 0 Å². The normalized spacial score (nSPS) is 12.1. The minimum absolute atomic E-state index is 0.159. The van der Waals surface area contributed by atoms with Gasteiger partial charge in [-0.1, -0.05) is 99.6 Å². The van der Waals surface area contributed by atoms with Gasteiger partial charge in [-0.05, 0) is 133 Å². The maximum absolute atomic E-state index is 2.38. The molecule has 0 amide bonds. The van der Waals surface area contributed by atoms with Crippen molar-refractivity contribution in [3.63, 3.8) is 0 Å². The molecule has 0 bridgehead atoms. The topological polar surface area (TPSA) is 3.24 Å². The molecular weight excluding hydrogens is 518 g/mol. The Kier molecular flexibility index (Phi) is 5.77. The molecule has 7 aromatic carbocycles. The van der Waals surface area contributed by atoms with Gasteiger partial charge >= 0.3 is 0 Å². The van der Waals surface area contributed by atoms with E-state index in [1.807, 2.05) is 0 Å². The first-order chi connectivity index (χ1) is 20.9. The number of rotatable bonds is 4. The lowest BCUT2D eigenvalue weighted by Gasteiger charge is -2.28. The van der Waals surface area contributed by atoms with E-state index in [0.29, 0.717) is 0 Å². The maximum atomic E-state index is 2.38. The van der Waals surface area contributed by atoms with Crippen LogP contribution in [0.2, 0.25) is 0 Å². The maximum Gasteiger partial charge on any atom is 0.0468 e. The zero-order chi connectivity index (χ0) is 29.1. The molecule has 0 fully saturated rings. The highest BCUT2D eigenvalue weighted by Crippen LogP contribution is 2.51. The molecule has 43 heavy (non-hydrogen) atoms. The van der Waals surface area contributed by atoms with Crippen LogP contribution < -0.4 is 4.90 Å². The summed E-state index contributed by atoms with van der Waals surface area (Å²) >= 11 is 0. The van der Waals surface area contributed by atoms with E-state index in [-0.39, 0.29) is 5.41 Å². The van der Waals surface area contributed by atoms with Crippen molar-refractivity contribution in [2.24, 2.45) is 0 Å². The molecule has 0 N–H and O–H groups in total. The molecular formula is C42H33N. The van der Waals surface area contributed by atoms with Crippen molar-refractivity contribution in [1.29, 1.82) is 0 Å². The third kappa shape index (κ3) is 4.40. The number of hydrogen-bond acceptors (Lipinski definition) is 1.